The zero-order valence-electron chi connectivity index (χ0n) is 9.40. The predicted molar refractivity (Wildman–Crippen MR) is 61.7 cm³/mol. The molecule has 0 bridgehead atoms. The number of hydrogen-bond donors (Lipinski definition) is 0. The molecule has 1 aliphatic rings. The summed E-state index contributed by atoms with van der Waals surface area (Å²) in [6, 6.07) is 7.48. The van der Waals surface area contributed by atoms with Crippen molar-refractivity contribution < 1.29 is 13.3 Å². The first-order valence-corrected chi connectivity index (χ1v) is 6.47. The molecule has 88 valence electrons. The van der Waals surface area contributed by atoms with E-state index in [1.165, 1.54) is 0 Å². The summed E-state index contributed by atoms with van der Waals surface area (Å²) in [4.78, 5) is 0.737. The lowest BCUT2D eigenvalue weighted by molar-refractivity contribution is 0.244. The van der Waals surface area contributed by atoms with E-state index in [1.54, 1.807) is 6.92 Å². The molecule has 0 saturated carbocycles. The van der Waals surface area contributed by atoms with Crippen LogP contribution in [-0.2, 0) is 15.5 Å². The summed E-state index contributed by atoms with van der Waals surface area (Å²) >= 11 is 0. The van der Waals surface area contributed by atoms with Crippen LogP contribution >= 0.6 is 0 Å². The fourth-order valence-electron chi connectivity index (χ4n) is 1.58. The van der Waals surface area contributed by atoms with E-state index in [2.05, 4.69) is 0 Å². The second kappa shape index (κ2) is 4.26. The highest BCUT2D eigenvalue weighted by atomic mass is 32.2. The second-order valence-corrected chi connectivity index (χ2v) is 6.01. The van der Waals surface area contributed by atoms with Gasteiger partial charge in [0.1, 0.15) is 12.3 Å². The lowest BCUT2D eigenvalue weighted by Crippen LogP contribution is -2.33. The maximum Gasteiger partial charge on any atom is 0.134 e. The van der Waals surface area contributed by atoms with Crippen LogP contribution in [0.1, 0.15) is 12.5 Å². The Balaban J connectivity index is 2.16. The molecule has 0 radical (unpaired) electrons. The third kappa shape index (κ3) is 2.04. The number of hydrogen-bond acceptors (Lipinski definition) is 2. The van der Waals surface area contributed by atoms with Gasteiger partial charge in [-0.2, -0.15) is 0 Å². The van der Waals surface area contributed by atoms with E-state index in [0.717, 1.165) is 10.5 Å². The number of aryl methyl sites for hydroxylation is 1. The summed E-state index contributed by atoms with van der Waals surface area (Å²) in [6.45, 7) is 3.57. The van der Waals surface area contributed by atoms with Crippen molar-refractivity contribution in [2.75, 3.05) is 13.3 Å². The van der Waals surface area contributed by atoms with Crippen molar-refractivity contribution in [2.45, 2.75) is 29.6 Å². The van der Waals surface area contributed by atoms with Gasteiger partial charge in [-0.3, -0.25) is 4.21 Å². The maximum absolute atomic E-state index is 12.8. The lowest BCUT2D eigenvalue weighted by atomic mass is 10.1. The molecule has 1 aromatic carbocycles. The molecular weight excluding hydrogens is 227 g/mol. The van der Waals surface area contributed by atoms with Crippen molar-refractivity contribution in [3.8, 4) is 0 Å². The molecule has 1 aromatic rings. The van der Waals surface area contributed by atoms with E-state index in [4.69, 9.17) is 4.74 Å². The highest BCUT2D eigenvalue weighted by Gasteiger charge is 2.52. The molecule has 0 amide bonds. The predicted octanol–water partition coefficient (Wildman–Crippen LogP) is 2.23. The molecule has 0 aliphatic carbocycles. The van der Waals surface area contributed by atoms with Gasteiger partial charge in [0.25, 0.3) is 0 Å². The Morgan fingerprint density at radius 1 is 1.50 bits per heavy atom. The molecule has 1 unspecified atom stereocenters. The van der Waals surface area contributed by atoms with E-state index in [0.29, 0.717) is 6.61 Å². The van der Waals surface area contributed by atoms with Gasteiger partial charge >= 0.3 is 0 Å². The first kappa shape index (κ1) is 11.7. The standard InChI is InChI=1S/C12H15FO2S/c1-9-3-5-11(6-4-9)16(14)10(2)12(7-13)8-15-12/h3-6,10H,7-8H2,1-2H3/t10-,12-,16?/m1/s1. The Hall–Kier alpha value is -0.740. The van der Waals surface area contributed by atoms with E-state index >= 15 is 0 Å². The van der Waals surface area contributed by atoms with Crippen LogP contribution < -0.4 is 0 Å². The summed E-state index contributed by atoms with van der Waals surface area (Å²) in [5.74, 6) is 0. The summed E-state index contributed by atoms with van der Waals surface area (Å²) in [7, 11) is -1.21. The zero-order chi connectivity index (χ0) is 11.8. The fraction of sp³-hybridized carbons (Fsp3) is 0.500. The number of rotatable bonds is 4. The number of ether oxygens (including phenoxy) is 1. The Morgan fingerprint density at radius 3 is 2.50 bits per heavy atom. The molecule has 2 rings (SSSR count). The quantitative estimate of drug-likeness (QED) is 0.758. The van der Waals surface area contributed by atoms with E-state index in [-0.39, 0.29) is 5.25 Å². The van der Waals surface area contributed by atoms with Crippen molar-refractivity contribution in [1.29, 1.82) is 0 Å². The maximum atomic E-state index is 12.8. The van der Waals surface area contributed by atoms with Crippen LogP contribution in [0.3, 0.4) is 0 Å². The van der Waals surface area contributed by atoms with Gasteiger partial charge in [0, 0.05) is 4.90 Å². The molecule has 16 heavy (non-hydrogen) atoms. The van der Waals surface area contributed by atoms with Crippen molar-refractivity contribution in [1.82, 2.24) is 0 Å². The zero-order valence-corrected chi connectivity index (χ0v) is 10.2. The van der Waals surface area contributed by atoms with Gasteiger partial charge in [-0.1, -0.05) is 17.7 Å². The van der Waals surface area contributed by atoms with Crippen molar-refractivity contribution >= 4 is 10.8 Å². The van der Waals surface area contributed by atoms with Crippen LogP contribution in [0.2, 0.25) is 0 Å². The Morgan fingerprint density at radius 2 is 2.06 bits per heavy atom. The molecular formula is C12H15FO2S. The summed E-state index contributed by atoms with van der Waals surface area (Å²) in [5, 5.41) is -0.305. The van der Waals surface area contributed by atoms with Gasteiger partial charge in [-0.25, -0.2) is 4.39 Å². The van der Waals surface area contributed by atoms with Gasteiger partial charge < -0.3 is 4.74 Å². The average Bonchev–Trinajstić information content (AvgIpc) is 3.09. The summed E-state index contributed by atoms with van der Waals surface area (Å²) in [5.41, 5.74) is 0.326. The molecule has 1 fully saturated rings. The highest BCUT2D eigenvalue weighted by molar-refractivity contribution is 7.85. The number of benzene rings is 1. The lowest BCUT2D eigenvalue weighted by Gasteiger charge is -2.16. The molecule has 0 N–H and O–H groups in total. The van der Waals surface area contributed by atoms with Crippen molar-refractivity contribution in [3.05, 3.63) is 29.8 Å². The Labute approximate surface area is 97.3 Å². The Bertz CT molecular complexity index is 398. The number of halogens is 1. The minimum atomic E-state index is -1.21. The van der Waals surface area contributed by atoms with Gasteiger partial charge in [0.05, 0.1) is 22.7 Å². The van der Waals surface area contributed by atoms with Crippen LogP contribution in [0.4, 0.5) is 4.39 Å². The molecule has 1 aliphatic heterocycles. The van der Waals surface area contributed by atoms with Crippen LogP contribution in [-0.4, -0.2) is 28.3 Å². The van der Waals surface area contributed by atoms with Crippen LogP contribution in [0.5, 0.6) is 0 Å². The van der Waals surface area contributed by atoms with E-state index in [1.807, 2.05) is 31.2 Å². The topological polar surface area (TPSA) is 29.6 Å². The molecule has 1 heterocycles. The van der Waals surface area contributed by atoms with Crippen LogP contribution in [0.15, 0.2) is 29.2 Å². The molecule has 4 heteroatoms. The van der Waals surface area contributed by atoms with Gasteiger partial charge in [-0.15, -0.1) is 0 Å². The summed E-state index contributed by atoms with van der Waals surface area (Å²) < 4.78 is 30.0. The molecule has 0 spiro atoms. The largest absolute Gasteiger partial charge is 0.365 e. The third-order valence-electron chi connectivity index (χ3n) is 3.06. The SMILES string of the molecule is Cc1ccc(S(=O)[C@H](C)[C@@]2(CF)CO2)cc1. The second-order valence-electron chi connectivity index (χ2n) is 4.24. The molecule has 3 atom stereocenters. The minimum Gasteiger partial charge on any atom is -0.365 e. The van der Waals surface area contributed by atoms with Crippen molar-refractivity contribution in [2.24, 2.45) is 0 Å². The number of epoxide rings is 1. The smallest absolute Gasteiger partial charge is 0.134 e. The van der Waals surface area contributed by atoms with Gasteiger partial charge in [-0.05, 0) is 26.0 Å². The van der Waals surface area contributed by atoms with Crippen LogP contribution in [0, 0.1) is 6.92 Å². The monoisotopic (exact) mass is 242 g/mol. The normalized spacial score (nSPS) is 27.4. The van der Waals surface area contributed by atoms with Crippen LogP contribution in [0.25, 0.3) is 0 Å². The number of alkyl halides is 1. The van der Waals surface area contributed by atoms with E-state index in [9.17, 15) is 8.60 Å². The highest BCUT2D eigenvalue weighted by Crippen LogP contribution is 2.35. The van der Waals surface area contributed by atoms with Gasteiger partial charge in [0.2, 0.25) is 0 Å². The summed E-state index contributed by atoms with van der Waals surface area (Å²) in [6.07, 6.45) is 0. The minimum absolute atomic E-state index is 0.305. The fourth-order valence-corrected chi connectivity index (χ4v) is 2.99. The molecule has 2 nitrogen and oxygen atoms in total. The van der Waals surface area contributed by atoms with Crippen molar-refractivity contribution in [3.63, 3.8) is 0 Å². The van der Waals surface area contributed by atoms with Gasteiger partial charge in [0.15, 0.2) is 0 Å². The molecule has 0 aromatic heterocycles. The first-order valence-electron chi connectivity index (χ1n) is 5.26. The third-order valence-corrected chi connectivity index (χ3v) is 4.87. The molecule has 1 saturated heterocycles. The average molecular weight is 242 g/mol. The van der Waals surface area contributed by atoms with E-state index < -0.39 is 23.1 Å². The Kier molecular flexibility index (Phi) is 3.13. The first-order chi connectivity index (χ1) is 7.59.